The van der Waals surface area contributed by atoms with Crippen LogP contribution in [0.1, 0.15) is 30.4 Å². The lowest BCUT2D eigenvalue weighted by Crippen LogP contribution is -2.39. The molecule has 0 aliphatic carbocycles. The number of benzene rings is 1. The number of piperidine rings is 1. The number of anilines is 1. The lowest BCUT2D eigenvalue weighted by Gasteiger charge is -2.26. The Morgan fingerprint density at radius 2 is 2.00 bits per heavy atom. The first-order valence-electron chi connectivity index (χ1n) is 7.10. The SMILES string of the molecule is Cc1ccc(NS(=O)(=O)N2CCCCC2)c(C#CCN)c1. The van der Waals surface area contributed by atoms with E-state index in [9.17, 15) is 8.42 Å². The van der Waals surface area contributed by atoms with Gasteiger partial charge in [-0.25, -0.2) is 0 Å². The molecule has 21 heavy (non-hydrogen) atoms. The quantitative estimate of drug-likeness (QED) is 0.830. The summed E-state index contributed by atoms with van der Waals surface area (Å²) in [6, 6.07) is 5.47. The molecule has 1 heterocycles. The van der Waals surface area contributed by atoms with Gasteiger partial charge in [0.05, 0.1) is 12.2 Å². The Kier molecular flexibility index (Phi) is 5.23. The molecule has 1 aromatic carbocycles. The van der Waals surface area contributed by atoms with Gasteiger partial charge in [-0.05, 0) is 37.5 Å². The highest BCUT2D eigenvalue weighted by atomic mass is 32.2. The van der Waals surface area contributed by atoms with Crippen molar-refractivity contribution < 1.29 is 8.42 Å². The van der Waals surface area contributed by atoms with Crippen molar-refractivity contribution in [2.45, 2.75) is 26.2 Å². The fraction of sp³-hybridized carbons (Fsp3) is 0.467. The van der Waals surface area contributed by atoms with Crippen LogP contribution in [0.4, 0.5) is 5.69 Å². The predicted molar refractivity (Wildman–Crippen MR) is 85.1 cm³/mol. The summed E-state index contributed by atoms with van der Waals surface area (Å²) >= 11 is 0. The summed E-state index contributed by atoms with van der Waals surface area (Å²) in [5, 5.41) is 0. The van der Waals surface area contributed by atoms with E-state index in [1.165, 1.54) is 4.31 Å². The van der Waals surface area contributed by atoms with Gasteiger partial charge in [0, 0.05) is 18.7 Å². The fourth-order valence-corrected chi connectivity index (χ4v) is 3.63. The second-order valence-electron chi connectivity index (χ2n) is 5.12. The standard InChI is InChI=1S/C15H21N3O2S/c1-13-7-8-15(14(12-13)6-5-9-16)17-21(19,20)18-10-3-2-4-11-18/h7-8,12,17H,2-4,9-11,16H2,1H3. The van der Waals surface area contributed by atoms with E-state index in [-0.39, 0.29) is 6.54 Å². The summed E-state index contributed by atoms with van der Waals surface area (Å²) in [7, 11) is -3.51. The molecule has 0 amide bonds. The number of rotatable bonds is 3. The summed E-state index contributed by atoms with van der Waals surface area (Å²) in [6.07, 6.45) is 2.91. The maximum Gasteiger partial charge on any atom is 0.301 e. The Morgan fingerprint density at radius 3 is 2.67 bits per heavy atom. The molecule has 1 fully saturated rings. The smallest absolute Gasteiger partial charge is 0.301 e. The van der Waals surface area contributed by atoms with Crippen LogP contribution in [0.5, 0.6) is 0 Å². The average molecular weight is 307 g/mol. The first-order valence-corrected chi connectivity index (χ1v) is 8.54. The van der Waals surface area contributed by atoms with E-state index in [4.69, 9.17) is 5.73 Å². The van der Waals surface area contributed by atoms with Crippen LogP contribution in [-0.4, -0.2) is 32.4 Å². The summed E-state index contributed by atoms with van der Waals surface area (Å²) in [5.41, 5.74) is 7.57. The van der Waals surface area contributed by atoms with E-state index in [1.54, 1.807) is 6.07 Å². The number of nitrogens with two attached hydrogens (primary N) is 1. The highest BCUT2D eigenvalue weighted by molar-refractivity contribution is 7.90. The van der Waals surface area contributed by atoms with Gasteiger partial charge in [0.15, 0.2) is 0 Å². The van der Waals surface area contributed by atoms with Crippen LogP contribution in [0, 0.1) is 18.8 Å². The van der Waals surface area contributed by atoms with E-state index >= 15 is 0 Å². The van der Waals surface area contributed by atoms with Gasteiger partial charge in [-0.1, -0.05) is 24.3 Å². The second-order valence-corrected chi connectivity index (χ2v) is 6.79. The molecule has 0 aromatic heterocycles. The summed E-state index contributed by atoms with van der Waals surface area (Å²) in [4.78, 5) is 0. The van der Waals surface area contributed by atoms with Crippen LogP contribution in [0.25, 0.3) is 0 Å². The third-order valence-electron chi connectivity index (χ3n) is 3.39. The molecule has 2 rings (SSSR count). The van der Waals surface area contributed by atoms with Crippen molar-refractivity contribution in [1.29, 1.82) is 0 Å². The van der Waals surface area contributed by atoms with Gasteiger partial charge in [0.1, 0.15) is 0 Å². The highest BCUT2D eigenvalue weighted by Gasteiger charge is 2.24. The maximum atomic E-state index is 12.4. The Hall–Kier alpha value is -1.55. The number of hydrogen-bond donors (Lipinski definition) is 2. The van der Waals surface area contributed by atoms with Gasteiger partial charge in [0.2, 0.25) is 0 Å². The van der Waals surface area contributed by atoms with Crippen LogP contribution in [0.3, 0.4) is 0 Å². The monoisotopic (exact) mass is 307 g/mol. The van der Waals surface area contributed by atoms with Gasteiger partial charge in [0.25, 0.3) is 0 Å². The third-order valence-corrected chi connectivity index (χ3v) is 4.92. The highest BCUT2D eigenvalue weighted by Crippen LogP contribution is 2.20. The molecule has 5 nitrogen and oxygen atoms in total. The Bertz CT molecular complexity index is 653. The normalized spacial score (nSPS) is 16.1. The Labute approximate surface area is 126 Å². The molecule has 0 spiro atoms. The molecule has 0 radical (unpaired) electrons. The minimum absolute atomic E-state index is 0.242. The molecule has 0 atom stereocenters. The van der Waals surface area contributed by atoms with Gasteiger partial charge in [-0.15, -0.1) is 0 Å². The van der Waals surface area contributed by atoms with E-state index in [1.807, 2.05) is 19.1 Å². The largest absolute Gasteiger partial charge is 0.320 e. The number of aryl methyl sites for hydroxylation is 1. The first kappa shape index (κ1) is 15.8. The maximum absolute atomic E-state index is 12.4. The average Bonchev–Trinajstić information content (AvgIpc) is 2.48. The molecule has 0 bridgehead atoms. The van der Waals surface area contributed by atoms with Crippen LogP contribution in [0.15, 0.2) is 18.2 Å². The number of nitrogens with zero attached hydrogens (tertiary/aromatic N) is 1. The molecule has 1 aromatic rings. The molecule has 1 aliphatic heterocycles. The third kappa shape index (κ3) is 4.21. The molecule has 1 saturated heterocycles. The molecule has 0 saturated carbocycles. The van der Waals surface area contributed by atoms with Crippen LogP contribution >= 0.6 is 0 Å². The molecule has 1 aliphatic rings. The minimum Gasteiger partial charge on any atom is -0.320 e. The molecule has 6 heteroatoms. The van der Waals surface area contributed by atoms with Crippen molar-refractivity contribution in [3.05, 3.63) is 29.3 Å². The molecular formula is C15H21N3O2S. The van der Waals surface area contributed by atoms with Crippen LogP contribution < -0.4 is 10.5 Å². The fourth-order valence-electron chi connectivity index (χ4n) is 2.31. The zero-order chi connectivity index (χ0) is 15.3. The number of nitrogens with one attached hydrogen (secondary N) is 1. The van der Waals surface area contributed by atoms with Gasteiger partial charge in [-0.3, -0.25) is 4.72 Å². The summed E-state index contributed by atoms with van der Waals surface area (Å²) in [6.45, 7) is 3.33. The van der Waals surface area contributed by atoms with Gasteiger partial charge in [-0.2, -0.15) is 12.7 Å². The van der Waals surface area contributed by atoms with E-state index in [0.717, 1.165) is 24.8 Å². The molecule has 0 unspecified atom stereocenters. The zero-order valence-corrected chi connectivity index (χ0v) is 13.0. The van der Waals surface area contributed by atoms with Crippen LogP contribution in [-0.2, 0) is 10.2 Å². The van der Waals surface area contributed by atoms with Gasteiger partial charge >= 0.3 is 10.2 Å². The summed E-state index contributed by atoms with van der Waals surface area (Å²) in [5.74, 6) is 5.69. The van der Waals surface area contributed by atoms with E-state index in [2.05, 4.69) is 16.6 Å². The lowest BCUT2D eigenvalue weighted by molar-refractivity contribution is 0.349. The Balaban J connectivity index is 2.25. The Morgan fingerprint density at radius 1 is 1.29 bits per heavy atom. The summed E-state index contributed by atoms with van der Waals surface area (Å²) < 4.78 is 29.0. The molecule has 114 valence electrons. The lowest BCUT2D eigenvalue weighted by atomic mass is 10.1. The van der Waals surface area contributed by atoms with Crippen LogP contribution in [0.2, 0.25) is 0 Å². The number of hydrogen-bond acceptors (Lipinski definition) is 3. The first-order chi connectivity index (χ1) is 10.0. The molecule has 3 N–H and O–H groups in total. The van der Waals surface area contributed by atoms with Crippen molar-refractivity contribution in [3.8, 4) is 11.8 Å². The molecular weight excluding hydrogens is 286 g/mol. The van der Waals surface area contributed by atoms with Gasteiger partial charge < -0.3 is 5.73 Å². The van der Waals surface area contributed by atoms with Crippen molar-refractivity contribution in [2.75, 3.05) is 24.4 Å². The topological polar surface area (TPSA) is 75.4 Å². The second kappa shape index (κ2) is 6.94. The minimum atomic E-state index is -3.51. The predicted octanol–water partition coefficient (Wildman–Crippen LogP) is 1.45. The van der Waals surface area contributed by atoms with E-state index < -0.39 is 10.2 Å². The van der Waals surface area contributed by atoms with E-state index in [0.29, 0.717) is 24.3 Å². The van der Waals surface area contributed by atoms with Crippen molar-refractivity contribution in [2.24, 2.45) is 5.73 Å². The van der Waals surface area contributed by atoms with Crippen molar-refractivity contribution in [3.63, 3.8) is 0 Å². The zero-order valence-electron chi connectivity index (χ0n) is 12.2. The van der Waals surface area contributed by atoms with Crippen molar-refractivity contribution >= 4 is 15.9 Å². The van der Waals surface area contributed by atoms with Crippen molar-refractivity contribution in [1.82, 2.24) is 4.31 Å².